The maximum Gasteiger partial charge on any atom is 0.133 e. The van der Waals surface area contributed by atoms with Gasteiger partial charge in [-0.3, -0.25) is 9.80 Å². The molecule has 0 aliphatic carbocycles. The summed E-state index contributed by atoms with van der Waals surface area (Å²) in [6.07, 6.45) is 0. The minimum absolute atomic E-state index is 0.247. The molecule has 1 aromatic heterocycles. The molecular weight excluding hydrogens is 286 g/mol. The van der Waals surface area contributed by atoms with Gasteiger partial charge in [0.1, 0.15) is 11.0 Å². The summed E-state index contributed by atoms with van der Waals surface area (Å²) in [4.78, 5) is 9.72. The molecule has 0 aromatic carbocycles. The number of aromatic nitrogens is 2. The monoisotopic (exact) mass is 313 g/mol. The van der Waals surface area contributed by atoms with Gasteiger partial charge in [0.05, 0.1) is 11.7 Å². The predicted octanol–water partition coefficient (Wildman–Crippen LogP) is 1.67. The Hall–Kier alpha value is -0.620. The van der Waals surface area contributed by atoms with Crippen molar-refractivity contribution in [2.45, 2.75) is 32.9 Å². The number of nitrogens with zero attached hydrogens (tertiary/aromatic N) is 4. The Kier molecular flexibility index (Phi) is 5.66. The van der Waals surface area contributed by atoms with Crippen LogP contribution in [0.25, 0.3) is 0 Å². The van der Waals surface area contributed by atoms with Gasteiger partial charge in [-0.05, 0) is 27.8 Å². The van der Waals surface area contributed by atoms with E-state index < -0.39 is 0 Å². The van der Waals surface area contributed by atoms with Gasteiger partial charge in [0.2, 0.25) is 0 Å². The minimum atomic E-state index is 0.247. The van der Waals surface area contributed by atoms with Crippen LogP contribution in [0, 0.1) is 6.92 Å². The van der Waals surface area contributed by atoms with Crippen LogP contribution in [0.5, 0.6) is 0 Å². The van der Waals surface area contributed by atoms with Gasteiger partial charge >= 0.3 is 0 Å². The molecule has 6 heteroatoms. The Morgan fingerprint density at radius 3 is 2.19 bits per heavy atom. The first-order valence-electron chi connectivity index (χ1n) is 7.77. The molecule has 0 spiro atoms. The molecule has 1 unspecified atom stereocenters. The van der Waals surface area contributed by atoms with E-state index in [0.717, 1.165) is 49.4 Å². The van der Waals surface area contributed by atoms with Gasteiger partial charge in [0, 0.05) is 45.8 Å². The van der Waals surface area contributed by atoms with Crippen LogP contribution >= 0.6 is 11.6 Å². The summed E-state index contributed by atoms with van der Waals surface area (Å²) in [5, 5.41) is 4.05. The zero-order chi connectivity index (χ0) is 15.6. The van der Waals surface area contributed by atoms with Crippen molar-refractivity contribution in [3.05, 3.63) is 16.7 Å². The zero-order valence-corrected chi connectivity index (χ0v) is 14.6. The number of hydrogen-bond donors (Lipinski definition) is 1. The molecule has 1 fully saturated rings. The molecule has 0 bridgehead atoms. The molecule has 1 saturated heterocycles. The Morgan fingerprint density at radius 1 is 1.19 bits per heavy atom. The fourth-order valence-corrected chi connectivity index (χ4v) is 3.27. The fourth-order valence-electron chi connectivity index (χ4n) is 2.98. The standard InChI is InChI=1S/C15H28ClN5/c1-11(2)20-6-8-21(9-7-20)13(10-17-4)14-15(16)19(5)12(3)18-14/h11,13,17H,6-10H2,1-5H3. The quantitative estimate of drug-likeness (QED) is 0.897. The third-order valence-electron chi connectivity index (χ3n) is 4.51. The van der Waals surface area contributed by atoms with Gasteiger partial charge in [0.25, 0.3) is 0 Å². The van der Waals surface area contributed by atoms with Crippen molar-refractivity contribution in [2.24, 2.45) is 7.05 Å². The number of nitrogens with one attached hydrogen (secondary N) is 1. The number of imidazole rings is 1. The number of likely N-dealkylation sites (N-methyl/N-ethyl adjacent to an activating group) is 1. The molecule has 120 valence electrons. The third-order valence-corrected chi connectivity index (χ3v) is 4.95. The van der Waals surface area contributed by atoms with Gasteiger partial charge in [-0.15, -0.1) is 0 Å². The second kappa shape index (κ2) is 7.09. The third kappa shape index (κ3) is 3.59. The summed E-state index contributed by atoms with van der Waals surface area (Å²) < 4.78 is 1.96. The molecule has 0 radical (unpaired) electrons. The highest BCUT2D eigenvalue weighted by Crippen LogP contribution is 2.28. The molecule has 1 N–H and O–H groups in total. The van der Waals surface area contributed by atoms with Crippen molar-refractivity contribution in [3.8, 4) is 0 Å². The van der Waals surface area contributed by atoms with Gasteiger partial charge in [-0.25, -0.2) is 4.98 Å². The Balaban J connectivity index is 2.14. The Morgan fingerprint density at radius 2 is 1.76 bits per heavy atom. The van der Waals surface area contributed by atoms with E-state index in [1.807, 2.05) is 25.6 Å². The van der Waals surface area contributed by atoms with E-state index in [1.165, 1.54) is 0 Å². The van der Waals surface area contributed by atoms with E-state index in [-0.39, 0.29) is 6.04 Å². The molecular formula is C15H28ClN5. The van der Waals surface area contributed by atoms with Crippen molar-refractivity contribution in [1.29, 1.82) is 0 Å². The second-order valence-corrected chi connectivity index (χ2v) is 6.49. The summed E-state index contributed by atoms with van der Waals surface area (Å²) >= 11 is 6.48. The summed E-state index contributed by atoms with van der Waals surface area (Å²) in [7, 11) is 3.96. The van der Waals surface area contributed by atoms with Crippen LogP contribution in [0.15, 0.2) is 0 Å². The summed E-state index contributed by atoms with van der Waals surface area (Å²) in [6.45, 7) is 11.8. The number of hydrogen-bond acceptors (Lipinski definition) is 4. The molecule has 21 heavy (non-hydrogen) atoms. The van der Waals surface area contributed by atoms with Crippen LogP contribution in [0.2, 0.25) is 5.15 Å². The highest BCUT2D eigenvalue weighted by Gasteiger charge is 2.29. The van der Waals surface area contributed by atoms with Crippen LogP contribution < -0.4 is 5.32 Å². The molecule has 0 saturated carbocycles. The average Bonchev–Trinajstić information content (AvgIpc) is 2.72. The predicted molar refractivity (Wildman–Crippen MR) is 87.9 cm³/mol. The molecule has 2 rings (SSSR count). The van der Waals surface area contributed by atoms with E-state index >= 15 is 0 Å². The lowest BCUT2D eigenvalue weighted by Crippen LogP contribution is -2.51. The van der Waals surface area contributed by atoms with E-state index in [2.05, 4.69) is 29.0 Å². The van der Waals surface area contributed by atoms with Crippen LogP contribution in [-0.2, 0) is 7.05 Å². The van der Waals surface area contributed by atoms with E-state index in [0.29, 0.717) is 6.04 Å². The number of rotatable bonds is 5. The molecule has 2 heterocycles. The van der Waals surface area contributed by atoms with E-state index in [9.17, 15) is 0 Å². The first-order chi connectivity index (χ1) is 9.95. The second-order valence-electron chi connectivity index (χ2n) is 6.13. The van der Waals surface area contributed by atoms with Crippen molar-refractivity contribution in [3.63, 3.8) is 0 Å². The largest absolute Gasteiger partial charge is 0.322 e. The van der Waals surface area contributed by atoms with Gasteiger partial charge in [-0.2, -0.15) is 0 Å². The molecule has 1 aliphatic rings. The van der Waals surface area contributed by atoms with Crippen LogP contribution in [-0.4, -0.2) is 65.2 Å². The van der Waals surface area contributed by atoms with E-state index in [1.54, 1.807) is 0 Å². The van der Waals surface area contributed by atoms with Crippen molar-refractivity contribution < 1.29 is 0 Å². The topological polar surface area (TPSA) is 36.3 Å². The maximum atomic E-state index is 6.48. The number of aryl methyl sites for hydroxylation is 1. The van der Waals surface area contributed by atoms with Crippen LogP contribution in [0.1, 0.15) is 31.4 Å². The molecule has 1 atom stereocenters. The summed E-state index contributed by atoms with van der Waals surface area (Å²) in [5.41, 5.74) is 1.00. The van der Waals surface area contributed by atoms with Crippen LogP contribution in [0.3, 0.4) is 0 Å². The number of piperazine rings is 1. The highest BCUT2D eigenvalue weighted by atomic mass is 35.5. The normalized spacial score (nSPS) is 19.4. The summed E-state index contributed by atoms with van der Waals surface area (Å²) in [5.74, 6) is 0.969. The van der Waals surface area contributed by atoms with E-state index in [4.69, 9.17) is 16.6 Å². The fraction of sp³-hybridized carbons (Fsp3) is 0.800. The first kappa shape index (κ1) is 16.7. The lowest BCUT2D eigenvalue weighted by molar-refractivity contribution is 0.0768. The lowest BCUT2D eigenvalue weighted by Gasteiger charge is -2.40. The smallest absolute Gasteiger partial charge is 0.133 e. The maximum absolute atomic E-state index is 6.48. The molecule has 1 aliphatic heterocycles. The van der Waals surface area contributed by atoms with Gasteiger partial charge < -0.3 is 9.88 Å². The van der Waals surface area contributed by atoms with Gasteiger partial charge in [0.15, 0.2) is 0 Å². The first-order valence-corrected chi connectivity index (χ1v) is 8.15. The van der Waals surface area contributed by atoms with Gasteiger partial charge in [-0.1, -0.05) is 11.6 Å². The summed E-state index contributed by atoms with van der Waals surface area (Å²) in [6, 6.07) is 0.868. The Bertz CT molecular complexity index is 463. The SMILES string of the molecule is CNCC(c1nc(C)n(C)c1Cl)N1CCN(C(C)C)CC1. The van der Waals surface area contributed by atoms with Crippen molar-refractivity contribution >= 4 is 11.6 Å². The molecule has 5 nitrogen and oxygen atoms in total. The van der Waals surface area contributed by atoms with Crippen molar-refractivity contribution in [1.82, 2.24) is 24.7 Å². The highest BCUT2D eigenvalue weighted by molar-refractivity contribution is 6.30. The zero-order valence-electron chi connectivity index (χ0n) is 13.9. The molecule has 0 amide bonds. The molecule has 1 aromatic rings. The minimum Gasteiger partial charge on any atom is -0.322 e. The van der Waals surface area contributed by atoms with Crippen molar-refractivity contribution in [2.75, 3.05) is 39.8 Å². The van der Waals surface area contributed by atoms with Crippen LogP contribution in [0.4, 0.5) is 0 Å². The average molecular weight is 314 g/mol. The lowest BCUT2D eigenvalue weighted by atomic mass is 10.1. The Labute approximate surface area is 133 Å². The number of halogens is 1.